The molecule has 0 aliphatic heterocycles. The molecule has 0 fully saturated rings. The van der Waals surface area contributed by atoms with Crippen LogP contribution >= 0.6 is 11.6 Å². The van der Waals surface area contributed by atoms with Gasteiger partial charge in [-0.05, 0) is 19.8 Å². The highest BCUT2D eigenvalue weighted by molar-refractivity contribution is 7.89. The molecule has 0 heterocycles. The lowest BCUT2D eigenvalue weighted by molar-refractivity contribution is -0.134. The molecule has 1 N–H and O–H groups in total. The summed E-state index contributed by atoms with van der Waals surface area (Å²) in [5, 5.41) is -0.169. The second kappa shape index (κ2) is 6.66. The maximum absolute atomic E-state index is 11.8. The summed E-state index contributed by atoms with van der Waals surface area (Å²) in [6.07, 6.45) is -5.37. The normalized spacial score (nSPS) is 15.1. The SMILES string of the molecule is CC(Cl)CCNS(=O)(=O)CCCC(F)(F)F. The highest BCUT2D eigenvalue weighted by Crippen LogP contribution is 2.21. The smallest absolute Gasteiger partial charge is 0.215 e. The van der Waals surface area contributed by atoms with Crippen molar-refractivity contribution in [3.63, 3.8) is 0 Å². The molecule has 0 saturated carbocycles. The van der Waals surface area contributed by atoms with E-state index in [-0.39, 0.29) is 11.9 Å². The standard InChI is InChI=1S/C8H15ClF3NO2S/c1-7(9)3-5-13-16(14,15)6-2-4-8(10,11)12/h7,13H,2-6H2,1H3. The summed E-state index contributed by atoms with van der Waals surface area (Å²) < 4.78 is 59.8. The molecule has 1 atom stereocenters. The molecular weight excluding hydrogens is 267 g/mol. The molecule has 3 nitrogen and oxygen atoms in total. The van der Waals surface area contributed by atoms with Gasteiger partial charge in [0.2, 0.25) is 10.0 Å². The molecule has 0 bridgehead atoms. The third-order valence-electron chi connectivity index (χ3n) is 1.74. The number of hydrogen-bond donors (Lipinski definition) is 1. The molecule has 0 rings (SSSR count). The number of nitrogens with one attached hydrogen (secondary N) is 1. The first-order valence-corrected chi connectivity index (χ1v) is 6.89. The summed E-state index contributed by atoms with van der Waals surface area (Å²) in [5.41, 5.74) is 0. The van der Waals surface area contributed by atoms with Gasteiger partial charge in [-0.25, -0.2) is 13.1 Å². The molecule has 1 unspecified atom stereocenters. The van der Waals surface area contributed by atoms with Crippen LogP contribution in [0.15, 0.2) is 0 Å². The Morgan fingerprint density at radius 2 is 1.94 bits per heavy atom. The maximum Gasteiger partial charge on any atom is 0.389 e. The van der Waals surface area contributed by atoms with E-state index in [1.54, 1.807) is 6.92 Å². The van der Waals surface area contributed by atoms with Gasteiger partial charge >= 0.3 is 6.18 Å². The van der Waals surface area contributed by atoms with Gasteiger partial charge in [-0.1, -0.05) is 0 Å². The molecule has 0 radical (unpaired) electrons. The lowest BCUT2D eigenvalue weighted by atomic mass is 10.3. The van der Waals surface area contributed by atoms with Gasteiger partial charge < -0.3 is 0 Å². The van der Waals surface area contributed by atoms with Gasteiger partial charge in [-0.3, -0.25) is 0 Å². The number of rotatable bonds is 7. The van der Waals surface area contributed by atoms with Crippen molar-refractivity contribution in [2.24, 2.45) is 0 Å². The molecule has 98 valence electrons. The van der Waals surface area contributed by atoms with Crippen LogP contribution in [-0.2, 0) is 10.0 Å². The first-order valence-electron chi connectivity index (χ1n) is 4.80. The molecule has 16 heavy (non-hydrogen) atoms. The third-order valence-corrected chi connectivity index (χ3v) is 3.43. The van der Waals surface area contributed by atoms with Crippen molar-refractivity contribution >= 4 is 21.6 Å². The average molecular weight is 282 g/mol. The highest BCUT2D eigenvalue weighted by Gasteiger charge is 2.27. The molecule has 0 aromatic rings. The maximum atomic E-state index is 11.8. The number of sulfonamides is 1. The molecule has 0 aromatic carbocycles. The van der Waals surface area contributed by atoms with Crippen molar-refractivity contribution in [3.05, 3.63) is 0 Å². The molecule has 0 aliphatic carbocycles. The van der Waals surface area contributed by atoms with Crippen molar-refractivity contribution < 1.29 is 21.6 Å². The second-order valence-electron chi connectivity index (χ2n) is 3.50. The van der Waals surface area contributed by atoms with Crippen LogP contribution in [0.3, 0.4) is 0 Å². The quantitative estimate of drug-likeness (QED) is 0.728. The molecule has 0 aromatic heterocycles. The van der Waals surface area contributed by atoms with E-state index in [2.05, 4.69) is 4.72 Å². The molecule has 0 amide bonds. The fraction of sp³-hybridized carbons (Fsp3) is 1.00. The van der Waals surface area contributed by atoms with Gasteiger partial charge in [0.15, 0.2) is 0 Å². The first kappa shape index (κ1) is 16.0. The Morgan fingerprint density at radius 3 is 2.38 bits per heavy atom. The molecule has 0 saturated heterocycles. The van der Waals surface area contributed by atoms with E-state index in [0.717, 1.165) is 0 Å². The monoisotopic (exact) mass is 281 g/mol. The van der Waals surface area contributed by atoms with Crippen LogP contribution in [0.1, 0.15) is 26.2 Å². The molecule has 8 heteroatoms. The van der Waals surface area contributed by atoms with E-state index in [0.29, 0.717) is 6.42 Å². The van der Waals surface area contributed by atoms with Crippen LogP contribution in [-0.4, -0.2) is 32.3 Å². The molecule has 0 spiro atoms. The number of alkyl halides is 4. The van der Waals surface area contributed by atoms with Crippen LogP contribution in [0, 0.1) is 0 Å². The largest absolute Gasteiger partial charge is 0.389 e. The van der Waals surface area contributed by atoms with Crippen LogP contribution in [0.5, 0.6) is 0 Å². The van der Waals surface area contributed by atoms with Crippen molar-refractivity contribution in [3.8, 4) is 0 Å². The van der Waals surface area contributed by atoms with Crippen LogP contribution in [0.25, 0.3) is 0 Å². The Balaban J connectivity index is 3.80. The molecular formula is C8H15ClF3NO2S. The predicted octanol–water partition coefficient (Wildman–Crippen LogP) is 2.27. The van der Waals surface area contributed by atoms with E-state index in [1.807, 2.05) is 0 Å². The average Bonchev–Trinajstić information content (AvgIpc) is 1.99. The first-order chi connectivity index (χ1) is 7.12. The van der Waals surface area contributed by atoms with Gasteiger partial charge in [-0.2, -0.15) is 13.2 Å². The van der Waals surface area contributed by atoms with Gasteiger partial charge in [0.25, 0.3) is 0 Å². The Hall–Kier alpha value is -0.0100. The lowest BCUT2D eigenvalue weighted by Gasteiger charge is -2.08. The Bertz CT molecular complexity index is 290. The van der Waals surface area contributed by atoms with Crippen molar-refractivity contribution in [1.29, 1.82) is 0 Å². The van der Waals surface area contributed by atoms with E-state index in [1.165, 1.54) is 0 Å². The Kier molecular flexibility index (Phi) is 6.65. The Morgan fingerprint density at radius 1 is 1.38 bits per heavy atom. The van der Waals surface area contributed by atoms with Gasteiger partial charge in [0, 0.05) is 18.3 Å². The predicted molar refractivity (Wildman–Crippen MR) is 57.0 cm³/mol. The van der Waals surface area contributed by atoms with E-state index in [4.69, 9.17) is 11.6 Å². The number of hydrogen-bond acceptors (Lipinski definition) is 2. The minimum absolute atomic E-state index is 0.152. The minimum atomic E-state index is -4.31. The topological polar surface area (TPSA) is 46.2 Å². The second-order valence-corrected chi connectivity index (χ2v) is 6.17. The third kappa shape index (κ3) is 10.5. The zero-order valence-corrected chi connectivity index (χ0v) is 10.4. The fourth-order valence-corrected chi connectivity index (χ4v) is 2.15. The van der Waals surface area contributed by atoms with E-state index in [9.17, 15) is 21.6 Å². The summed E-state index contributed by atoms with van der Waals surface area (Å²) >= 11 is 5.59. The van der Waals surface area contributed by atoms with Crippen molar-refractivity contribution in [2.45, 2.75) is 37.7 Å². The summed E-state index contributed by atoms with van der Waals surface area (Å²) in [6.45, 7) is 1.86. The number of halogens is 4. The summed E-state index contributed by atoms with van der Waals surface area (Å²) in [5.74, 6) is -0.511. The molecule has 0 aliphatic rings. The lowest BCUT2D eigenvalue weighted by Crippen LogP contribution is -2.28. The van der Waals surface area contributed by atoms with Crippen molar-refractivity contribution in [1.82, 2.24) is 4.72 Å². The van der Waals surface area contributed by atoms with Crippen molar-refractivity contribution in [2.75, 3.05) is 12.3 Å². The summed E-state index contributed by atoms with van der Waals surface area (Å²) in [7, 11) is -3.61. The van der Waals surface area contributed by atoms with E-state index >= 15 is 0 Å². The highest BCUT2D eigenvalue weighted by atomic mass is 35.5. The van der Waals surface area contributed by atoms with E-state index < -0.39 is 34.8 Å². The van der Waals surface area contributed by atoms with Crippen LogP contribution in [0.2, 0.25) is 0 Å². The zero-order chi connectivity index (χ0) is 12.8. The zero-order valence-electron chi connectivity index (χ0n) is 8.85. The fourth-order valence-electron chi connectivity index (χ4n) is 0.948. The van der Waals surface area contributed by atoms with Crippen LogP contribution < -0.4 is 4.72 Å². The summed E-state index contributed by atoms with van der Waals surface area (Å²) in [4.78, 5) is 0. The van der Waals surface area contributed by atoms with Gasteiger partial charge in [0.05, 0.1) is 5.75 Å². The van der Waals surface area contributed by atoms with Gasteiger partial charge in [-0.15, -0.1) is 11.6 Å². The summed E-state index contributed by atoms with van der Waals surface area (Å²) in [6, 6.07) is 0. The minimum Gasteiger partial charge on any atom is -0.215 e. The van der Waals surface area contributed by atoms with Crippen LogP contribution in [0.4, 0.5) is 13.2 Å². The van der Waals surface area contributed by atoms with Gasteiger partial charge in [0.1, 0.15) is 0 Å². The Labute approximate surface area is 98.4 Å².